The molecule has 166 valence electrons. The Bertz CT molecular complexity index is 1180. The molecule has 32 heavy (non-hydrogen) atoms. The summed E-state index contributed by atoms with van der Waals surface area (Å²) in [5, 5.41) is 0. The molecule has 0 aliphatic rings. The van der Waals surface area contributed by atoms with Crippen molar-refractivity contribution in [2.75, 3.05) is 6.61 Å². The van der Waals surface area contributed by atoms with E-state index in [0.717, 1.165) is 12.0 Å². The molecule has 0 fully saturated rings. The van der Waals surface area contributed by atoms with Gasteiger partial charge in [-0.15, -0.1) is 0 Å². The van der Waals surface area contributed by atoms with E-state index in [4.69, 9.17) is 9.15 Å². The second kappa shape index (κ2) is 10.7. The Morgan fingerprint density at radius 3 is 2.38 bits per heavy atom. The lowest BCUT2D eigenvalue weighted by Gasteiger charge is -2.06. The van der Waals surface area contributed by atoms with Crippen LogP contribution in [-0.4, -0.2) is 26.8 Å². The van der Waals surface area contributed by atoms with E-state index in [2.05, 4.69) is 4.72 Å². The number of nitrogens with one attached hydrogen (secondary N) is 1. The monoisotopic (exact) mass is 453 g/mol. The number of rotatable bonds is 10. The molecule has 1 N–H and O–H groups in total. The van der Waals surface area contributed by atoms with Crippen molar-refractivity contribution in [3.8, 4) is 0 Å². The molecule has 0 bridgehead atoms. The molecular formula is C24H23NO6S. The van der Waals surface area contributed by atoms with Crippen molar-refractivity contribution in [3.63, 3.8) is 0 Å². The van der Waals surface area contributed by atoms with Gasteiger partial charge in [0.25, 0.3) is 0 Å². The molecule has 0 unspecified atom stereocenters. The summed E-state index contributed by atoms with van der Waals surface area (Å²) in [7, 11) is -3.70. The van der Waals surface area contributed by atoms with Gasteiger partial charge in [-0.3, -0.25) is 4.79 Å². The van der Waals surface area contributed by atoms with Crippen molar-refractivity contribution in [1.29, 1.82) is 0 Å². The van der Waals surface area contributed by atoms with Crippen LogP contribution in [0, 0.1) is 0 Å². The third kappa shape index (κ3) is 6.50. The number of sulfonamides is 1. The number of ether oxygens (including phenoxy) is 1. The Kier molecular flexibility index (Phi) is 7.75. The van der Waals surface area contributed by atoms with E-state index in [1.165, 1.54) is 30.5 Å². The topological polar surface area (TPSA) is 103 Å². The first-order valence-electron chi connectivity index (χ1n) is 9.96. The first-order chi connectivity index (χ1) is 15.4. The van der Waals surface area contributed by atoms with Crippen LogP contribution >= 0.6 is 0 Å². The molecule has 0 radical (unpaired) electrons. The fourth-order valence-electron chi connectivity index (χ4n) is 2.78. The second-order valence-electron chi connectivity index (χ2n) is 6.89. The highest BCUT2D eigenvalue weighted by Gasteiger charge is 2.14. The van der Waals surface area contributed by atoms with Gasteiger partial charge in [-0.1, -0.05) is 43.3 Å². The summed E-state index contributed by atoms with van der Waals surface area (Å²) in [6.45, 7) is 1.72. The molecule has 2 aromatic carbocycles. The molecule has 0 saturated carbocycles. The number of furan rings is 1. The van der Waals surface area contributed by atoms with Crippen molar-refractivity contribution < 1.29 is 27.2 Å². The van der Waals surface area contributed by atoms with Gasteiger partial charge >= 0.3 is 5.97 Å². The highest BCUT2D eigenvalue weighted by molar-refractivity contribution is 7.89. The lowest BCUT2D eigenvalue weighted by atomic mass is 10.1. The minimum atomic E-state index is -3.70. The van der Waals surface area contributed by atoms with Gasteiger partial charge in [0.1, 0.15) is 5.76 Å². The molecule has 0 atom stereocenters. The van der Waals surface area contributed by atoms with Gasteiger partial charge in [-0.2, -0.15) is 0 Å². The van der Waals surface area contributed by atoms with Crippen LogP contribution in [0.25, 0.3) is 6.08 Å². The molecule has 3 aromatic rings. The van der Waals surface area contributed by atoms with Gasteiger partial charge in [0.05, 0.1) is 17.7 Å². The predicted octanol–water partition coefficient (Wildman–Crippen LogP) is 3.76. The maximum absolute atomic E-state index is 12.3. The maximum atomic E-state index is 12.3. The number of carbonyl (C=O) groups is 2. The largest absolute Gasteiger partial charge is 0.468 e. The van der Waals surface area contributed by atoms with E-state index < -0.39 is 16.0 Å². The zero-order valence-corrected chi connectivity index (χ0v) is 18.3. The highest BCUT2D eigenvalue weighted by atomic mass is 32.2. The first-order valence-corrected chi connectivity index (χ1v) is 11.4. The number of benzene rings is 2. The van der Waals surface area contributed by atoms with Crippen molar-refractivity contribution in [1.82, 2.24) is 4.72 Å². The Hall–Kier alpha value is -3.49. The second-order valence-corrected chi connectivity index (χ2v) is 8.65. The third-order valence-corrected chi connectivity index (χ3v) is 6.07. The zero-order valence-electron chi connectivity index (χ0n) is 17.5. The van der Waals surface area contributed by atoms with E-state index in [-0.39, 0.29) is 23.8 Å². The van der Waals surface area contributed by atoms with Crippen LogP contribution in [0.5, 0.6) is 0 Å². The van der Waals surface area contributed by atoms with Crippen LogP contribution in [0.1, 0.15) is 34.2 Å². The van der Waals surface area contributed by atoms with Crippen LogP contribution in [0.4, 0.5) is 0 Å². The summed E-state index contributed by atoms with van der Waals surface area (Å²) in [6.07, 6.45) is 5.01. The molecule has 0 aliphatic carbocycles. The summed E-state index contributed by atoms with van der Waals surface area (Å²) in [4.78, 5) is 24.1. The fraction of sp³-hybridized carbons (Fsp3) is 0.167. The molecule has 0 saturated heterocycles. The highest BCUT2D eigenvalue weighted by Crippen LogP contribution is 2.13. The van der Waals surface area contributed by atoms with Gasteiger partial charge in [-0.25, -0.2) is 17.9 Å². The number of aryl methyl sites for hydroxylation is 1. The average Bonchev–Trinajstić information content (AvgIpc) is 3.34. The third-order valence-electron chi connectivity index (χ3n) is 4.65. The van der Waals surface area contributed by atoms with E-state index in [1.54, 1.807) is 36.4 Å². The molecular weight excluding hydrogens is 430 g/mol. The Balaban J connectivity index is 1.51. The average molecular weight is 454 g/mol. The molecule has 3 rings (SSSR count). The summed E-state index contributed by atoms with van der Waals surface area (Å²) in [6, 6.07) is 16.5. The number of ketones is 1. The van der Waals surface area contributed by atoms with Crippen molar-refractivity contribution in [2.24, 2.45) is 0 Å². The Morgan fingerprint density at radius 2 is 1.75 bits per heavy atom. The lowest BCUT2D eigenvalue weighted by Crippen LogP contribution is -2.22. The van der Waals surface area contributed by atoms with Crippen molar-refractivity contribution in [2.45, 2.75) is 24.8 Å². The molecule has 0 amide bonds. The van der Waals surface area contributed by atoms with Crippen molar-refractivity contribution >= 4 is 27.9 Å². The van der Waals surface area contributed by atoms with Crippen LogP contribution in [0.2, 0.25) is 0 Å². The normalized spacial score (nSPS) is 11.5. The van der Waals surface area contributed by atoms with Gasteiger partial charge in [0.2, 0.25) is 10.0 Å². The van der Waals surface area contributed by atoms with E-state index in [0.29, 0.717) is 16.9 Å². The van der Waals surface area contributed by atoms with Crippen LogP contribution in [0.3, 0.4) is 0 Å². The summed E-state index contributed by atoms with van der Waals surface area (Å²) >= 11 is 0. The Morgan fingerprint density at radius 1 is 1.03 bits per heavy atom. The van der Waals surface area contributed by atoms with Crippen LogP contribution in [-0.2, 0) is 32.5 Å². The van der Waals surface area contributed by atoms with Crippen LogP contribution < -0.4 is 4.72 Å². The molecule has 8 heteroatoms. The van der Waals surface area contributed by atoms with Gasteiger partial charge in [0, 0.05) is 11.6 Å². The number of hydrogen-bond donors (Lipinski definition) is 1. The molecule has 1 heterocycles. The van der Waals surface area contributed by atoms with Crippen molar-refractivity contribution in [3.05, 3.63) is 95.5 Å². The smallest absolute Gasteiger partial charge is 0.331 e. The van der Waals surface area contributed by atoms with E-state index >= 15 is 0 Å². The lowest BCUT2D eigenvalue weighted by molar-refractivity contribution is -0.136. The predicted molar refractivity (Wildman–Crippen MR) is 119 cm³/mol. The first kappa shape index (κ1) is 23.2. The summed E-state index contributed by atoms with van der Waals surface area (Å²) in [5.41, 5.74) is 2.21. The van der Waals surface area contributed by atoms with E-state index in [9.17, 15) is 18.0 Å². The molecule has 0 aliphatic heterocycles. The number of hydrogen-bond acceptors (Lipinski definition) is 6. The number of esters is 1. The summed E-state index contributed by atoms with van der Waals surface area (Å²) < 4.78 is 37.2. The zero-order chi connectivity index (χ0) is 23.0. The molecule has 0 spiro atoms. The van der Waals surface area contributed by atoms with Gasteiger partial charge < -0.3 is 9.15 Å². The van der Waals surface area contributed by atoms with Crippen LogP contribution in [0.15, 0.2) is 82.3 Å². The Labute approximate surface area is 186 Å². The van der Waals surface area contributed by atoms with E-state index in [1.807, 2.05) is 19.1 Å². The van der Waals surface area contributed by atoms with Gasteiger partial charge in [-0.05, 0) is 47.9 Å². The quantitative estimate of drug-likeness (QED) is 0.285. The number of Topliss-reactive ketones (excluding diaryl/α,β-unsaturated/α-hetero) is 1. The minimum Gasteiger partial charge on any atom is -0.468 e. The molecule has 1 aromatic heterocycles. The maximum Gasteiger partial charge on any atom is 0.331 e. The summed E-state index contributed by atoms with van der Waals surface area (Å²) in [5.74, 6) is -0.450. The van der Waals surface area contributed by atoms with Gasteiger partial charge in [0.15, 0.2) is 12.4 Å². The minimum absolute atomic E-state index is 0.0459. The standard InChI is InChI=1S/C24H23NO6S/c1-2-18-5-10-20(11-6-18)23(26)17-31-24(27)14-9-19-7-12-22(13-8-19)32(28,29)25-16-21-4-3-15-30-21/h3-15,25H,2,16-17H2,1H3/b14-9+. The fourth-order valence-corrected chi connectivity index (χ4v) is 3.77. The SMILES string of the molecule is CCc1ccc(C(=O)COC(=O)/C=C/c2ccc(S(=O)(=O)NCc3ccco3)cc2)cc1. The number of carbonyl (C=O) groups excluding carboxylic acids is 2. The molecule has 7 nitrogen and oxygen atoms in total.